The second-order valence-electron chi connectivity index (χ2n) is 3.34. The molecule has 0 N–H and O–H groups in total. The summed E-state index contributed by atoms with van der Waals surface area (Å²) in [5, 5.41) is 0. The van der Waals surface area contributed by atoms with Gasteiger partial charge < -0.3 is 9.64 Å². The van der Waals surface area contributed by atoms with Gasteiger partial charge in [0.05, 0.1) is 6.61 Å². The number of likely N-dealkylation sites (tertiary alicyclic amines) is 1. The van der Waals surface area contributed by atoms with Gasteiger partial charge in [-0.05, 0) is 32.4 Å². The molecule has 1 aliphatic heterocycles. The lowest BCUT2D eigenvalue weighted by atomic mass is 10.1. The molecule has 15 heavy (non-hydrogen) atoms. The number of rotatable bonds is 5. The molecule has 0 aromatic rings. The van der Waals surface area contributed by atoms with Gasteiger partial charge in [-0.15, -0.1) is 0 Å². The Bertz CT molecular complexity index is 145. The largest absolute Gasteiger partial charge is 0.345 e. The van der Waals surface area contributed by atoms with E-state index in [0.29, 0.717) is 6.04 Å². The molecule has 0 aliphatic carbocycles. The van der Waals surface area contributed by atoms with Crippen LogP contribution in [0.25, 0.3) is 0 Å². The molecule has 0 aromatic carbocycles. The maximum Gasteiger partial charge on any atom is 0.345 e. The van der Waals surface area contributed by atoms with Crippen LogP contribution in [0.2, 0.25) is 0 Å². The lowest BCUT2D eigenvalue weighted by Crippen LogP contribution is -2.30. The number of halogens is 2. The Labute approximate surface area is 91.6 Å². The van der Waals surface area contributed by atoms with Gasteiger partial charge >= 0.3 is 6.61 Å². The summed E-state index contributed by atoms with van der Waals surface area (Å²) >= 11 is 0. The summed E-state index contributed by atoms with van der Waals surface area (Å²) in [5.41, 5.74) is 0. The van der Waals surface area contributed by atoms with Gasteiger partial charge in [0, 0.05) is 6.04 Å². The monoisotopic (exact) mass is 223 g/mol. The summed E-state index contributed by atoms with van der Waals surface area (Å²) in [4.78, 5) is 2.33. The van der Waals surface area contributed by atoms with Crippen LogP contribution in [-0.2, 0) is 4.74 Å². The van der Waals surface area contributed by atoms with Crippen molar-refractivity contribution in [1.29, 1.82) is 0 Å². The summed E-state index contributed by atoms with van der Waals surface area (Å²) in [7, 11) is 0. The topological polar surface area (TPSA) is 12.5 Å². The predicted molar refractivity (Wildman–Crippen MR) is 58.2 cm³/mol. The van der Waals surface area contributed by atoms with Crippen LogP contribution in [0.15, 0.2) is 0 Å². The van der Waals surface area contributed by atoms with E-state index in [2.05, 4.69) is 16.6 Å². The van der Waals surface area contributed by atoms with Crippen molar-refractivity contribution in [2.24, 2.45) is 0 Å². The fraction of sp³-hybridized carbons (Fsp3) is 1.00. The number of hydrogen-bond donors (Lipinski definition) is 0. The molecular formula is C11H23F2NO. The van der Waals surface area contributed by atoms with Crippen LogP contribution in [0.3, 0.4) is 0 Å². The van der Waals surface area contributed by atoms with E-state index in [1.165, 1.54) is 6.42 Å². The van der Waals surface area contributed by atoms with Gasteiger partial charge in [-0.3, -0.25) is 0 Å². The van der Waals surface area contributed by atoms with Crippen molar-refractivity contribution >= 4 is 0 Å². The molecule has 0 radical (unpaired) electrons. The summed E-state index contributed by atoms with van der Waals surface area (Å²) in [6, 6.07) is 0.462. The Kier molecular flexibility index (Phi) is 8.91. The van der Waals surface area contributed by atoms with Crippen molar-refractivity contribution in [1.82, 2.24) is 4.90 Å². The van der Waals surface area contributed by atoms with E-state index in [-0.39, 0.29) is 6.61 Å². The maximum atomic E-state index is 11.7. The smallest absolute Gasteiger partial charge is 0.323 e. The van der Waals surface area contributed by atoms with E-state index in [1.54, 1.807) is 0 Å². The fourth-order valence-corrected chi connectivity index (χ4v) is 1.93. The first-order valence-electron chi connectivity index (χ1n) is 5.88. The van der Waals surface area contributed by atoms with Gasteiger partial charge in [-0.2, -0.15) is 8.78 Å². The molecule has 0 bridgehead atoms. The molecule has 1 heterocycles. The molecule has 4 heteroatoms. The van der Waals surface area contributed by atoms with Gasteiger partial charge in [-0.1, -0.05) is 20.8 Å². The van der Waals surface area contributed by atoms with Crippen LogP contribution < -0.4 is 0 Å². The molecule has 1 rings (SSSR count). The summed E-state index contributed by atoms with van der Waals surface area (Å²) in [6.07, 6.45) is 3.05. The Morgan fingerprint density at radius 3 is 2.60 bits per heavy atom. The van der Waals surface area contributed by atoms with Crippen molar-refractivity contribution < 1.29 is 13.5 Å². The highest BCUT2D eigenvalue weighted by atomic mass is 19.3. The number of ether oxygens (including phenoxy) is 1. The first-order valence-corrected chi connectivity index (χ1v) is 5.88. The average molecular weight is 223 g/mol. The van der Waals surface area contributed by atoms with Gasteiger partial charge in [0.15, 0.2) is 0 Å². The van der Waals surface area contributed by atoms with E-state index in [4.69, 9.17) is 0 Å². The zero-order chi connectivity index (χ0) is 11.7. The quantitative estimate of drug-likeness (QED) is 0.710. The van der Waals surface area contributed by atoms with Crippen molar-refractivity contribution in [2.75, 3.05) is 19.7 Å². The van der Waals surface area contributed by atoms with Gasteiger partial charge in [0.1, 0.15) is 0 Å². The molecule has 92 valence electrons. The zero-order valence-electron chi connectivity index (χ0n) is 10.0. The number of nitrogens with zero attached hydrogens (tertiary/aromatic N) is 1. The van der Waals surface area contributed by atoms with Crippen LogP contribution in [0, 0.1) is 0 Å². The zero-order valence-corrected chi connectivity index (χ0v) is 10.0. The van der Waals surface area contributed by atoms with Crippen molar-refractivity contribution in [3.05, 3.63) is 0 Å². The van der Waals surface area contributed by atoms with Crippen LogP contribution in [-0.4, -0.2) is 37.2 Å². The summed E-state index contributed by atoms with van der Waals surface area (Å²) in [6.45, 7) is 5.79. The van der Waals surface area contributed by atoms with Crippen LogP contribution in [0.5, 0.6) is 0 Å². The highest BCUT2D eigenvalue weighted by Crippen LogP contribution is 2.19. The van der Waals surface area contributed by atoms with E-state index in [1.807, 2.05) is 13.8 Å². The average Bonchev–Trinajstić information content (AvgIpc) is 2.68. The molecule has 0 saturated carbocycles. The Morgan fingerprint density at radius 1 is 1.40 bits per heavy atom. The Hall–Kier alpha value is -0.220. The van der Waals surface area contributed by atoms with E-state index in [9.17, 15) is 8.78 Å². The maximum absolute atomic E-state index is 11.7. The predicted octanol–water partition coefficient (Wildman–Crippen LogP) is 3.13. The van der Waals surface area contributed by atoms with Crippen molar-refractivity contribution in [3.8, 4) is 0 Å². The molecule has 0 amide bonds. The highest BCUT2D eigenvalue weighted by Gasteiger charge is 2.22. The van der Waals surface area contributed by atoms with E-state index >= 15 is 0 Å². The third-order valence-corrected chi connectivity index (χ3v) is 2.60. The molecule has 1 unspecified atom stereocenters. The van der Waals surface area contributed by atoms with Gasteiger partial charge in [-0.25, -0.2) is 0 Å². The molecule has 1 fully saturated rings. The molecule has 1 aliphatic rings. The fourth-order valence-electron chi connectivity index (χ4n) is 1.93. The Morgan fingerprint density at radius 2 is 2.07 bits per heavy atom. The standard InChI is InChI=1S/C9H17F2NO.C2H6/c1-2-12-6-3-4-8(12)5-7-13-9(10)11;1-2/h8-9H,2-7H2,1H3;1-2H3. The second-order valence-corrected chi connectivity index (χ2v) is 3.34. The Balaban J connectivity index is 0.000000921. The van der Waals surface area contributed by atoms with Crippen LogP contribution in [0.1, 0.15) is 40.0 Å². The molecular weight excluding hydrogens is 200 g/mol. The molecule has 1 atom stereocenters. The lowest BCUT2D eigenvalue weighted by molar-refractivity contribution is -0.131. The first kappa shape index (κ1) is 14.8. The number of hydrogen-bond acceptors (Lipinski definition) is 2. The minimum absolute atomic E-state index is 0.179. The third kappa shape index (κ3) is 6.05. The van der Waals surface area contributed by atoms with Crippen molar-refractivity contribution in [2.45, 2.75) is 52.7 Å². The van der Waals surface area contributed by atoms with Gasteiger partial charge in [0.2, 0.25) is 0 Å². The summed E-state index contributed by atoms with van der Waals surface area (Å²) in [5.74, 6) is 0. The van der Waals surface area contributed by atoms with Crippen LogP contribution >= 0.6 is 0 Å². The normalized spacial score (nSPS) is 21.6. The number of alkyl halides is 2. The minimum atomic E-state index is -2.61. The highest BCUT2D eigenvalue weighted by molar-refractivity contribution is 4.77. The van der Waals surface area contributed by atoms with Gasteiger partial charge in [0.25, 0.3) is 0 Å². The lowest BCUT2D eigenvalue weighted by Gasteiger charge is -2.22. The molecule has 0 aromatic heterocycles. The molecule has 0 spiro atoms. The van der Waals surface area contributed by atoms with Crippen LogP contribution in [0.4, 0.5) is 8.78 Å². The van der Waals surface area contributed by atoms with E-state index in [0.717, 1.165) is 25.9 Å². The minimum Gasteiger partial charge on any atom is -0.323 e. The summed E-state index contributed by atoms with van der Waals surface area (Å²) < 4.78 is 27.5. The van der Waals surface area contributed by atoms with E-state index < -0.39 is 6.61 Å². The third-order valence-electron chi connectivity index (χ3n) is 2.60. The molecule has 1 saturated heterocycles. The SMILES string of the molecule is CC.CCN1CCCC1CCOC(F)F. The molecule has 2 nitrogen and oxygen atoms in total. The first-order chi connectivity index (χ1) is 7.24. The van der Waals surface area contributed by atoms with Crippen molar-refractivity contribution in [3.63, 3.8) is 0 Å². The second kappa shape index (κ2) is 9.04.